The molecule has 2 rings (SSSR count). The van der Waals surface area contributed by atoms with E-state index in [1.165, 1.54) is 0 Å². The second-order valence-corrected chi connectivity index (χ2v) is 4.81. The van der Waals surface area contributed by atoms with Gasteiger partial charge in [0, 0.05) is 16.3 Å². The summed E-state index contributed by atoms with van der Waals surface area (Å²) < 4.78 is 5.71. The summed E-state index contributed by atoms with van der Waals surface area (Å²) in [4.78, 5) is 0. The Morgan fingerprint density at radius 2 is 1.89 bits per heavy atom. The number of hydrogen-bond donors (Lipinski definition) is 1. The number of rotatable bonds is 3. The van der Waals surface area contributed by atoms with Gasteiger partial charge in [-0.15, -0.1) is 0 Å². The highest BCUT2D eigenvalue weighted by Gasteiger charge is 2.03. The standard InChI is InChI=1S/C15H16ClNO/c1-10-3-4-12(14(16)7-10)9-18-13-5-6-15(17)11(2)8-13/h3-8H,9,17H2,1-2H3. The molecule has 3 heteroatoms. The van der Waals surface area contributed by atoms with E-state index in [0.29, 0.717) is 6.61 Å². The molecule has 0 saturated carbocycles. The molecule has 0 unspecified atom stereocenters. The molecule has 0 aromatic heterocycles. The van der Waals surface area contributed by atoms with Crippen molar-refractivity contribution in [2.24, 2.45) is 0 Å². The van der Waals surface area contributed by atoms with E-state index >= 15 is 0 Å². The molecule has 0 aliphatic carbocycles. The number of hydrogen-bond acceptors (Lipinski definition) is 2. The van der Waals surface area contributed by atoms with Gasteiger partial charge in [-0.2, -0.15) is 0 Å². The summed E-state index contributed by atoms with van der Waals surface area (Å²) in [7, 11) is 0. The first-order chi connectivity index (χ1) is 8.56. The molecule has 2 N–H and O–H groups in total. The number of aryl methyl sites for hydroxylation is 2. The first kappa shape index (κ1) is 12.8. The average Bonchev–Trinajstić information content (AvgIpc) is 2.32. The first-order valence-electron chi connectivity index (χ1n) is 5.80. The van der Waals surface area contributed by atoms with E-state index in [2.05, 4.69) is 0 Å². The van der Waals surface area contributed by atoms with Gasteiger partial charge in [0.05, 0.1) is 0 Å². The van der Waals surface area contributed by atoms with E-state index in [-0.39, 0.29) is 0 Å². The first-order valence-corrected chi connectivity index (χ1v) is 6.18. The molecular weight excluding hydrogens is 246 g/mol. The molecule has 0 aliphatic rings. The number of nitrogens with two attached hydrogens (primary N) is 1. The summed E-state index contributed by atoms with van der Waals surface area (Å²) in [5.74, 6) is 0.804. The number of ether oxygens (including phenoxy) is 1. The summed E-state index contributed by atoms with van der Waals surface area (Å²) in [6.45, 7) is 4.43. The highest BCUT2D eigenvalue weighted by Crippen LogP contribution is 2.22. The maximum atomic E-state index is 6.15. The molecule has 0 heterocycles. The van der Waals surface area contributed by atoms with Crippen LogP contribution in [0.15, 0.2) is 36.4 Å². The molecule has 0 amide bonds. The lowest BCUT2D eigenvalue weighted by Gasteiger charge is -2.10. The van der Waals surface area contributed by atoms with Gasteiger partial charge in [0.2, 0.25) is 0 Å². The molecule has 18 heavy (non-hydrogen) atoms. The molecule has 0 radical (unpaired) electrons. The predicted octanol–water partition coefficient (Wildman–Crippen LogP) is 4.12. The van der Waals surface area contributed by atoms with Crippen LogP contribution in [0.25, 0.3) is 0 Å². The van der Waals surface area contributed by atoms with Crippen molar-refractivity contribution in [1.82, 2.24) is 0 Å². The topological polar surface area (TPSA) is 35.2 Å². The molecular formula is C15H16ClNO. The van der Waals surface area contributed by atoms with Gasteiger partial charge in [-0.25, -0.2) is 0 Å². The van der Waals surface area contributed by atoms with Gasteiger partial charge >= 0.3 is 0 Å². The molecule has 94 valence electrons. The Morgan fingerprint density at radius 1 is 1.11 bits per heavy atom. The number of nitrogen functional groups attached to an aromatic ring is 1. The summed E-state index contributed by atoms with van der Waals surface area (Å²) in [5.41, 5.74) is 9.68. The van der Waals surface area contributed by atoms with Crippen molar-refractivity contribution in [2.45, 2.75) is 20.5 Å². The van der Waals surface area contributed by atoms with Crippen LogP contribution in [0.4, 0.5) is 5.69 Å². The van der Waals surface area contributed by atoms with Gasteiger partial charge in [-0.05, 0) is 49.2 Å². The molecule has 0 fully saturated rings. The largest absolute Gasteiger partial charge is 0.489 e. The highest BCUT2D eigenvalue weighted by molar-refractivity contribution is 6.31. The lowest BCUT2D eigenvalue weighted by Crippen LogP contribution is -1.98. The molecule has 2 nitrogen and oxygen atoms in total. The zero-order valence-electron chi connectivity index (χ0n) is 10.5. The summed E-state index contributed by atoms with van der Waals surface area (Å²) in [6, 6.07) is 11.6. The van der Waals surface area contributed by atoms with Crippen molar-refractivity contribution < 1.29 is 4.74 Å². The van der Waals surface area contributed by atoms with Gasteiger partial charge in [0.15, 0.2) is 0 Å². The quantitative estimate of drug-likeness (QED) is 0.844. The Morgan fingerprint density at radius 3 is 2.56 bits per heavy atom. The average molecular weight is 262 g/mol. The van der Waals surface area contributed by atoms with Crippen LogP contribution < -0.4 is 10.5 Å². The molecule has 2 aromatic carbocycles. The minimum absolute atomic E-state index is 0.461. The van der Waals surface area contributed by atoms with Crippen LogP contribution in [0.3, 0.4) is 0 Å². The second kappa shape index (κ2) is 5.32. The lowest BCUT2D eigenvalue weighted by molar-refractivity contribution is 0.306. The molecule has 0 bridgehead atoms. The van der Waals surface area contributed by atoms with Gasteiger partial charge in [0.1, 0.15) is 12.4 Å². The monoisotopic (exact) mass is 261 g/mol. The maximum absolute atomic E-state index is 6.15. The van der Waals surface area contributed by atoms with Crippen molar-refractivity contribution in [3.05, 3.63) is 58.1 Å². The Balaban J connectivity index is 2.09. The van der Waals surface area contributed by atoms with Gasteiger partial charge < -0.3 is 10.5 Å². The van der Waals surface area contributed by atoms with Gasteiger partial charge in [-0.1, -0.05) is 23.7 Å². The minimum atomic E-state index is 0.461. The van der Waals surface area contributed by atoms with Crippen molar-refractivity contribution >= 4 is 17.3 Å². The molecule has 0 aliphatic heterocycles. The van der Waals surface area contributed by atoms with Gasteiger partial charge in [0.25, 0.3) is 0 Å². The summed E-state index contributed by atoms with van der Waals surface area (Å²) >= 11 is 6.15. The fourth-order valence-electron chi connectivity index (χ4n) is 1.67. The zero-order valence-corrected chi connectivity index (χ0v) is 11.3. The number of benzene rings is 2. The maximum Gasteiger partial charge on any atom is 0.120 e. The van der Waals surface area contributed by atoms with Crippen LogP contribution >= 0.6 is 11.6 Å². The van der Waals surface area contributed by atoms with E-state index in [0.717, 1.165) is 33.1 Å². The van der Waals surface area contributed by atoms with E-state index in [1.807, 2.05) is 50.2 Å². The Kier molecular flexibility index (Phi) is 3.78. The smallest absolute Gasteiger partial charge is 0.120 e. The SMILES string of the molecule is Cc1ccc(COc2ccc(N)c(C)c2)c(Cl)c1. The van der Waals surface area contributed by atoms with Crippen LogP contribution in [0, 0.1) is 13.8 Å². The second-order valence-electron chi connectivity index (χ2n) is 4.40. The zero-order chi connectivity index (χ0) is 13.1. The van der Waals surface area contributed by atoms with Crippen molar-refractivity contribution in [2.75, 3.05) is 5.73 Å². The third-order valence-corrected chi connectivity index (χ3v) is 3.20. The lowest BCUT2D eigenvalue weighted by atomic mass is 10.1. The van der Waals surface area contributed by atoms with Crippen LogP contribution in [-0.4, -0.2) is 0 Å². The fourth-order valence-corrected chi connectivity index (χ4v) is 1.96. The molecule has 0 atom stereocenters. The Bertz CT molecular complexity index is 566. The summed E-state index contributed by atoms with van der Waals surface area (Å²) in [5, 5.41) is 0.738. The minimum Gasteiger partial charge on any atom is -0.489 e. The summed E-state index contributed by atoms with van der Waals surface area (Å²) in [6.07, 6.45) is 0. The third kappa shape index (κ3) is 2.96. The Labute approximate surface area is 112 Å². The predicted molar refractivity (Wildman–Crippen MR) is 76.1 cm³/mol. The van der Waals surface area contributed by atoms with E-state index in [4.69, 9.17) is 22.1 Å². The van der Waals surface area contributed by atoms with Crippen molar-refractivity contribution in [1.29, 1.82) is 0 Å². The van der Waals surface area contributed by atoms with Crippen LogP contribution in [0.2, 0.25) is 5.02 Å². The highest BCUT2D eigenvalue weighted by atomic mass is 35.5. The van der Waals surface area contributed by atoms with E-state index < -0.39 is 0 Å². The number of anilines is 1. The third-order valence-electron chi connectivity index (χ3n) is 2.84. The number of halogens is 1. The Hall–Kier alpha value is -1.67. The normalized spacial score (nSPS) is 10.4. The fraction of sp³-hybridized carbons (Fsp3) is 0.200. The van der Waals surface area contributed by atoms with Crippen molar-refractivity contribution in [3.63, 3.8) is 0 Å². The van der Waals surface area contributed by atoms with Gasteiger partial charge in [-0.3, -0.25) is 0 Å². The molecule has 0 spiro atoms. The molecule has 2 aromatic rings. The van der Waals surface area contributed by atoms with E-state index in [9.17, 15) is 0 Å². The van der Waals surface area contributed by atoms with Crippen molar-refractivity contribution in [3.8, 4) is 5.75 Å². The van der Waals surface area contributed by atoms with Crippen LogP contribution in [0.5, 0.6) is 5.75 Å². The van der Waals surface area contributed by atoms with Crippen LogP contribution in [-0.2, 0) is 6.61 Å². The molecule has 0 saturated heterocycles. The van der Waals surface area contributed by atoms with Crippen LogP contribution in [0.1, 0.15) is 16.7 Å². The van der Waals surface area contributed by atoms with E-state index in [1.54, 1.807) is 0 Å².